The predicted octanol–water partition coefficient (Wildman–Crippen LogP) is 3.78. The SMILES string of the molecule is CCCOc1ccc(NC(=O)CCC(=O)N2CCc3ccccc32)cc1. The fourth-order valence-electron chi connectivity index (χ4n) is 3.03. The Bertz CT molecular complexity index is 771. The van der Waals surface area contributed by atoms with Crippen LogP contribution in [-0.2, 0) is 16.0 Å². The fourth-order valence-corrected chi connectivity index (χ4v) is 3.03. The second-order valence-electron chi connectivity index (χ2n) is 6.35. The van der Waals surface area contributed by atoms with E-state index < -0.39 is 0 Å². The minimum absolute atomic E-state index is 0.00610. The van der Waals surface area contributed by atoms with Crippen molar-refractivity contribution in [1.82, 2.24) is 0 Å². The van der Waals surface area contributed by atoms with Crippen LogP contribution in [0, 0.1) is 0 Å². The second kappa shape index (κ2) is 8.52. The van der Waals surface area contributed by atoms with Gasteiger partial charge in [0.1, 0.15) is 5.75 Å². The van der Waals surface area contributed by atoms with E-state index in [9.17, 15) is 9.59 Å². The Morgan fingerprint density at radius 1 is 1.08 bits per heavy atom. The molecule has 1 N–H and O–H groups in total. The molecule has 5 heteroatoms. The molecule has 0 fully saturated rings. The Morgan fingerprint density at radius 2 is 1.85 bits per heavy atom. The predicted molar refractivity (Wildman–Crippen MR) is 103 cm³/mol. The summed E-state index contributed by atoms with van der Waals surface area (Å²) in [4.78, 5) is 26.3. The molecule has 0 saturated carbocycles. The highest BCUT2D eigenvalue weighted by molar-refractivity contribution is 5.99. The topological polar surface area (TPSA) is 58.6 Å². The van der Waals surface area contributed by atoms with Crippen molar-refractivity contribution >= 4 is 23.2 Å². The van der Waals surface area contributed by atoms with E-state index in [0.717, 1.165) is 24.3 Å². The first-order chi connectivity index (χ1) is 12.7. The van der Waals surface area contributed by atoms with Crippen LogP contribution in [0.1, 0.15) is 31.7 Å². The van der Waals surface area contributed by atoms with Crippen molar-refractivity contribution in [2.24, 2.45) is 0 Å². The van der Waals surface area contributed by atoms with E-state index >= 15 is 0 Å². The molecule has 0 atom stereocenters. The van der Waals surface area contributed by atoms with Gasteiger partial charge in [0.2, 0.25) is 11.8 Å². The molecule has 2 aromatic carbocycles. The average Bonchev–Trinajstić information content (AvgIpc) is 3.10. The summed E-state index contributed by atoms with van der Waals surface area (Å²) in [5, 5.41) is 2.83. The third-order valence-electron chi connectivity index (χ3n) is 4.37. The maximum atomic E-state index is 12.4. The van der Waals surface area contributed by atoms with Crippen LogP contribution in [0.25, 0.3) is 0 Å². The minimum Gasteiger partial charge on any atom is -0.494 e. The molecule has 1 aliphatic heterocycles. The number of anilines is 2. The van der Waals surface area contributed by atoms with Crippen LogP contribution in [-0.4, -0.2) is 25.0 Å². The third-order valence-corrected chi connectivity index (χ3v) is 4.37. The number of benzene rings is 2. The lowest BCUT2D eigenvalue weighted by Crippen LogP contribution is -2.29. The van der Waals surface area contributed by atoms with E-state index in [2.05, 4.69) is 12.2 Å². The Kier molecular flexibility index (Phi) is 5.89. The Hall–Kier alpha value is -2.82. The average molecular weight is 352 g/mol. The van der Waals surface area contributed by atoms with E-state index in [1.807, 2.05) is 36.4 Å². The number of rotatable bonds is 7. The zero-order valence-electron chi connectivity index (χ0n) is 15.0. The van der Waals surface area contributed by atoms with Gasteiger partial charge in [0, 0.05) is 30.8 Å². The van der Waals surface area contributed by atoms with Crippen LogP contribution in [0.5, 0.6) is 5.75 Å². The molecule has 2 aromatic rings. The van der Waals surface area contributed by atoms with Crippen LogP contribution >= 0.6 is 0 Å². The lowest BCUT2D eigenvalue weighted by molar-refractivity contribution is -0.122. The lowest BCUT2D eigenvalue weighted by atomic mass is 10.2. The van der Waals surface area contributed by atoms with Crippen molar-refractivity contribution in [2.75, 3.05) is 23.4 Å². The number of hydrogen-bond donors (Lipinski definition) is 1. The quantitative estimate of drug-likeness (QED) is 0.825. The first kappa shape index (κ1) is 18.0. The lowest BCUT2D eigenvalue weighted by Gasteiger charge is -2.17. The number of carbonyl (C=O) groups excluding carboxylic acids is 2. The summed E-state index contributed by atoms with van der Waals surface area (Å²) in [6.07, 6.45) is 2.21. The first-order valence-electron chi connectivity index (χ1n) is 9.08. The molecular formula is C21H24N2O3. The van der Waals surface area contributed by atoms with Gasteiger partial charge in [-0.3, -0.25) is 9.59 Å². The molecule has 0 aromatic heterocycles. The van der Waals surface area contributed by atoms with Crippen molar-refractivity contribution in [3.63, 3.8) is 0 Å². The highest BCUT2D eigenvalue weighted by atomic mass is 16.5. The minimum atomic E-state index is -0.159. The smallest absolute Gasteiger partial charge is 0.227 e. The molecule has 1 aliphatic rings. The number of nitrogens with one attached hydrogen (secondary N) is 1. The van der Waals surface area contributed by atoms with Gasteiger partial charge in [0.15, 0.2) is 0 Å². The normalized spacial score (nSPS) is 12.6. The molecule has 0 saturated heterocycles. The van der Waals surface area contributed by atoms with E-state index in [4.69, 9.17) is 4.74 Å². The molecule has 0 spiro atoms. The highest BCUT2D eigenvalue weighted by Gasteiger charge is 2.24. The second-order valence-corrected chi connectivity index (χ2v) is 6.35. The highest BCUT2D eigenvalue weighted by Crippen LogP contribution is 2.28. The van der Waals surface area contributed by atoms with Crippen LogP contribution in [0.15, 0.2) is 48.5 Å². The van der Waals surface area contributed by atoms with Gasteiger partial charge in [-0.2, -0.15) is 0 Å². The zero-order valence-corrected chi connectivity index (χ0v) is 15.0. The molecule has 1 heterocycles. The maximum absolute atomic E-state index is 12.4. The molecule has 0 unspecified atom stereocenters. The van der Waals surface area contributed by atoms with Crippen molar-refractivity contribution in [3.05, 3.63) is 54.1 Å². The van der Waals surface area contributed by atoms with Gasteiger partial charge in [-0.1, -0.05) is 25.1 Å². The summed E-state index contributed by atoms with van der Waals surface area (Å²) in [5.74, 6) is 0.620. The van der Waals surface area contributed by atoms with Crippen LogP contribution in [0.4, 0.5) is 11.4 Å². The van der Waals surface area contributed by atoms with Gasteiger partial charge >= 0.3 is 0 Å². The van der Waals surface area contributed by atoms with E-state index in [1.54, 1.807) is 17.0 Å². The number of ether oxygens (including phenoxy) is 1. The van der Waals surface area contributed by atoms with E-state index in [1.165, 1.54) is 5.56 Å². The van der Waals surface area contributed by atoms with Crippen molar-refractivity contribution in [3.8, 4) is 5.75 Å². The Labute approximate surface area is 154 Å². The molecule has 136 valence electrons. The van der Waals surface area contributed by atoms with Crippen LogP contribution < -0.4 is 15.0 Å². The largest absolute Gasteiger partial charge is 0.494 e. The van der Waals surface area contributed by atoms with Crippen LogP contribution in [0.3, 0.4) is 0 Å². The van der Waals surface area contributed by atoms with E-state index in [0.29, 0.717) is 18.8 Å². The first-order valence-corrected chi connectivity index (χ1v) is 9.08. The third kappa shape index (κ3) is 4.42. The number of fused-ring (bicyclic) bond motifs is 1. The van der Waals surface area contributed by atoms with Gasteiger partial charge in [0.25, 0.3) is 0 Å². The summed E-state index contributed by atoms with van der Waals surface area (Å²) in [6, 6.07) is 15.2. The molecule has 26 heavy (non-hydrogen) atoms. The number of hydrogen-bond acceptors (Lipinski definition) is 3. The molecular weight excluding hydrogens is 328 g/mol. The molecule has 3 rings (SSSR count). The standard InChI is InChI=1S/C21H24N2O3/c1-2-15-26-18-9-7-17(8-10-18)22-20(24)11-12-21(25)23-14-13-16-5-3-4-6-19(16)23/h3-10H,2,11-15H2,1H3,(H,22,24). The maximum Gasteiger partial charge on any atom is 0.227 e. The van der Waals surface area contributed by atoms with Crippen molar-refractivity contribution in [2.45, 2.75) is 32.6 Å². The van der Waals surface area contributed by atoms with Crippen molar-refractivity contribution < 1.29 is 14.3 Å². The molecule has 0 radical (unpaired) electrons. The number of nitrogens with zero attached hydrogens (tertiary/aromatic N) is 1. The molecule has 0 bridgehead atoms. The fraction of sp³-hybridized carbons (Fsp3) is 0.333. The van der Waals surface area contributed by atoms with Gasteiger partial charge in [-0.25, -0.2) is 0 Å². The summed E-state index contributed by atoms with van der Waals surface area (Å²) in [7, 11) is 0. The van der Waals surface area contributed by atoms with Crippen LogP contribution in [0.2, 0.25) is 0 Å². The van der Waals surface area contributed by atoms with E-state index in [-0.39, 0.29) is 24.7 Å². The van der Waals surface area contributed by atoms with Crippen molar-refractivity contribution in [1.29, 1.82) is 0 Å². The summed E-state index contributed by atoms with van der Waals surface area (Å²) in [6.45, 7) is 3.42. The Balaban J connectivity index is 1.48. The van der Waals surface area contributed by atoms with Gasteiger partial charge in [-0.05, 0) is 48.7 Å². The van der Waals surface area contributed by atoms with Gasteiger partial charge in [-0.15, -0.1) is 0 Å². The molecule has 0 aliphatic carbocycles. The monoisotopic (exact) mass is 352 g/mol. The Morgan fingerprint density at radius 3 is 2.62 bits per heavy atom. The van der Waals surface area contributed by atoms with Gasteiger partial charge in [0.05, 0.1) is 6.61 Å². The number of carbonyl (C=O) groups is 2. The summed E-state index contributed by atoms with van der Waals surface area (Å²) in [5.41, 5.74) is 2.87. The molecule has 2 amide bonds. The zero-order chi connectivity index (χ0) is 18.4. The van der Waals surface area contributed by atoms with Gasteiger partial charge < -0.3 is 15.0 Å². The number of para-hydroxylation sites is 1. The number of amides is 2. The molecule has 5 nitrogen and oxygen atoms in total. The summed E-state index contributed by atoms with van der Waals surface area (Å²) < 4.78 is 5.52. The summed E-state index contributed by atoms with van der Waals surface area (Å²) >= 11 is 0.